The number of para-hydroxylation sites is 1. The number of aromatic amines is 1. The first-order chi connectivity index (χ1) is 12.6. The minimum atomic E-state index is -0.141. The summed E-state index contributed by atoms with van der Waals surface area (Å²) in [5, 5.41) is 1.88. The van der Waals surface area contributed by atoms with Gasteiger partial charge in [-0.25, -0.2) is 5.43 Å². The topological polar surface area (TPSA) is 63.4 Å². The molecule has 5 rings (SSSR count). The first kappa shape index (κ1) is 16.6. The van der Waals surface area contributed by atoms with E-state index in [0.29, 0.717) is 18.5 Å². The lowest BCUT2D eigenvalue weighted by atomic mass is 9.87. The van der Waals surface area contributed by atoms with Crippen LogP contribution < -0.4 is 10.9 Å². The van der Waals surface area contributed by atoms with Crippen LogP contribution >= 0.6 is 11.6 Å². The largest absolute Gasteiger partial charge is 0.357 e. The molecule has 4 heterocycles. The highest BCUT2D eigenvalue weighted by atomic mass is 35.5. The first-order valence-electron chi connectivity index (χ1n) is 9.38. The van der Waals surface area contributed by atoms with E-state index in [2.05, 4.69) is 33.8 Å². The third-order valence-corrected chi connectivity index (χ3v) is 6.57. The molecule has 2 aromatic rings. The van der Waals surface area contributed by atoms with Crippen LogP contribution in [0.1, 0.15) is 17.7 Å². The number of piperidine rings is 1. The molecule has 3 unspecified atom stereocenters. The number of hydrogen-bond donors (Lipinski definition) is 3. The Labute approximate surface area is 157 Å². The van der Waals surface area contributed by atoms with Gasteiger partial charge in [0.25, 0.3) is 0 Å². The van der Waals surface area contributed by atoms with E-state index in [1.54, 1.807) is 0 Å². The number of nitrogens with zero attached hydrogens (tertiary/aromatic N) is 2. The van der Waals surface area contributed by atoms with E-state index < -0.39 is 0 Å². The van der Waals surface area contributed by atoms with Gasteiger partial charge in [0.05, 0.1) is 10.5 Å². The number of hydrogen-bond acceptors (Lipinski definition) is 4. The van der Waals surface area contributed by atoms with Gasteiger partial charge in [0, 0.05) is 54.7 Å². The molecule has 3 aliphatic rings. The Morgan fingerprint density at radius 2 is 2.15 bits per heavy atom. The van der Waals surface area contributed by atoms with Crippen molar-refractivity contribution < 1.29 is 4.79 Å². The van der Waals surface area contributed by atoms with Gasteiger partial charge in [-0.15, -0.1) is 0 Å². The molecule has 0 spiro atoms. The standard InChI is InChI=1S/C19H24ClN5O/c1-24-7-5-16-13(9-24)18(23-22-16)19(26)25-8-6-15-12(10-25)11-3-2-4-14(20)17(11)21-15/h2-4,13,16,18,21-23H,5-10H2,1H3. The average Bonchev–Trinajstić information content (AvgIpc) is 3.22. The predicted octanol–water partition coefficient (Wildman–Crippen LogP) is 1.50. The summed E-state index contributed by atoms with van der Waals surface area (Å²) in [6.07, 6.45) is 1.93. The van der Waals surface area contributed by atoms with Crippen LogP contribution in [0.4, 0.5) is 0 Å². The number of H-pyrrole nitrogens is 1. The summed E-state index contributed by atoms with van der Waals surface area (Å²) < 4.78 is 0. The molecule has 1 aromatic carbocycles. The van der Waals surface area contributed by atoms with Crippen LogP contribution in [-0.4, -0.2) is 59.5 Å². The summed E-state index contributed by atoms with van der Waals surface area (Å²) >= 11 is 6.33. The third kappa shape index (κ3) is 2.55. The minimum absolute atomic E-state index is 0.141. The van der Waals surface area contributed by atoms with Crippen LogP contribution in [0.5, 0.6) is 0 Å². The second-order valence-corrected chi connectivity index (χ2v) is 8.25. The van der Waals surface area contributed by atoms with Gasteiger partial charge in [0.15, 0.2) is 0 Å². The number of nitrogens with one attached hydrogen (secondary N) is 3. The zero-order valence-electron chi connectivity index (χ0n) is 14.9. The quantitative estimate of drug-likeness (QED) is 0.709. The molecule has 1 aromatic heterocycles. The number of aromatic nitrogens is 1. The molecule has 26 heavy (non-hydrogen) atoms. The fraction of sp³-hybridized carbons (Fsp3) is 0.526. The predicted molar refractivity (Wildman–Crippen MR) is 102 cm³/mol. The van der Waals surface area contributed by atoms with Crippen molar-refractivity contribution in [2.24, 2.45) is 5.92 Å². The number of fused-ring (bicyclic) bond motifs is 4. The number of hydrazine groups is 1. The smallest absolute Gasteiger partial charge is 0.241 e. The second kappa shape index (κ2) is 6.23. The molecule has 2 saturated heterocycles. The van der Waals surface area contributed by atoms with E-state index in [-0.39, 0.29) is 11.9 Å². The highest BCUT2D eigenvalue weighted by Gasteiger charge is 2.44. The minimum Gasteiger partial charge on any atom is -0.357 e. The number of likely N-dealkylation sites (tertiary alicyclic amines) is 1. The third-order valence-electron chi connectivity index (χ3n) is 6.25. The molecule has 1 amide bonds. The summed E-state index contributed by atoms with van der Waals surface area (Å²) in [4.78, 5) is 21.1. The van der Waals surface area contributed by atoms with Crippen LogP contribution in [0.2, 0.25) is 5.02 Å². The van der Waals surface area contributed by atoms with Crippen molar-refractivity contribution in [1.29, 1.82) is 0 Å². The van der Waals surface area contributed by atoms with Crippen molar-refractivity contribution in [3.05, 3.63) is 34.5 Å². The molecule has 138 valence electrons. The van der Waals surface area contributed by atoms with E-state index in [0.717, 1.165) is 48.4 Å². The van der Waals surface area contributed by atoms with Gasteiger partial charge < -0.3 is 14.8 Å². The Balaban J connectivity index is 1.40. The molecular formula is C19H24ClN5O. The zero-order valence-corrected chi connectivity index (χ0v) is 15.6. The van der Waals surface area contributed by atoms with Gasteiger partial charge in [-0.05, 0) is 26.1 Å². The highest BCUT2D eigenvalue weighted by Crippen LogP contribution is 2.32. The summed E-state index contributed by atoms with van der Waals surface area (Å²) in [6.45, 7) is 3.45. The molecule has 3 aliphatic heterocycles. The molecule has 0 bridgehead atoms. The summed E-state index contributed by atoms with van der Waals surface area (Å²) in [5.41, 5.74) is 10.1. The molecule has 7 heteroatoms. The van der Waals surface area contributed by atoms with Crippen LogP contribution in [-0.2, 0) is 17.8 Å². The molecule has 2 fully saturated rings. The van der Waals surface area contributed by atoms with Crippen molar-refractivity contribution in [3.63, 3.8) is 0 Å². The van der Waals surface area contributed by atoms with Crippen LogP contribution in [0.25, 0.3) is 10.9 Å². The van der Waals surface area contributed by atoms with Crippen molar-refractivity contribution >= 4 is 28.4 Å². The van der Waals surface area contributed by atoms with E-state index in [1.807, 2.05) is 17.0 Å². The Kier molecular flexibility index (Phi) is 3.97. The van der Waals surface area contributed by atoms with E-state index in [9.17, 15) is 4.79 Å². The summed E-state index contributed by atoms with van der Waals surface area (Å²) in [5.74, 6) is 0.544. The monoisotopic (exact) mass is 373 g/mol. The lowest BCUT2D eigenvalue weighted by Gasteiger charge is -2.35. The number of carbonyl (C=O) groups is 1. The zero-order chi connectivity index (χ0) is 17.8. The fourth-order valence-corrected chi connectivity index (χ4v) is 5.03. The van der Waals surface area contributed by atoms with Crippen molar-refractivity contribution in [1.82, 2.24) is 25.6 Å². The SMILES string of the molecule is CN1CCC2NNC(C(=O)N3CCc4[nH]c5c(Cl)cccc5c4C3)C2C1. The number of rotatable bonds is 1. The molecule has 0 aliphatic carbocycles. The Morgan fingerprint density at radius 3 is 3.04 bits per heavy atom. The molecule has 6 nitrogen and oxygen atoms in total. The maximum absolute atomic E-state index is 13.3. The van der Waals surface area contributed by atoms with Gasteiger partial charge in [0.2, 0.25) is 5.91 Å². The number of carbonyl (C=O) groups excluding carboxylic acids is 1. The Hall–Kier alpha value is -1.60. The fourth-order valence-electron chi connectivity index (χ4n) is 4.80. The van der Waals surface area contributed by atoms with E-state index in [4.69, 9.17) is 11.6 Å². The number of amides is 1. The lowest BCUT2D eigenvalue weighted by molar-refractivity contribution is -0.135. The number of halogens is 1. The van der Waals surface area contributed by atoms with Gasteiger partial charge in [-0.1, -0.05) is 23.7 Å². The van der Waals surface area contributed by atoms with E-state index in [1.165, 1.54) is 11.3 Å². The van der Waals surface area contributed by atoms with Gasteiger partial charge in [0.1, 0.15) is 6.04 Å². The molecule has 0 saturated carbocycles. The lowest BCUT2D eigenvalue weighted by Crippen LogP contribution is -2.51. The maximum atomic E-state index is 13.3. The van der Waals surface area contributed by atoms with E-state index >= 15 is 0 Å². The molecule has 3 N–H and O–H groups in total. The normalized spacial score (nSPS) is 29.0. The number of benzene rings is 1. The second-order valence-electron chi connectivity index (χ2n) is 7.84. The van der Waals surface area contributed by atoms with Crippen LogP contribution in [0, 0.1) is 5.92 Å². The molecular weight excluding hydrogens is 350 g/mol. The van der Waals surface area contributed by atoms with Crippen molar-refractivity contribution in [2.45, 2.75) is 31.5 Å². The van der Waals surface area contributed by atoms with Crippen molar-refractivity contribution in [3.8, 4) is 0 Å². The van der Waals surface area contributed by atoms with Crippen molar-refractivity contribution in [2.75, 3.05) is 26.7 Å². The van der Waals surface area contributed by atoms with Crippen LogP contribution in [0.15, 0.2) is 18.2 Å². The molecule has 3 atom stereocenters. The Morgan fingerprint density at radius 1 is 1.27 bits per heavy atom. The van der Waals surface area contributed by atoms with Gasteiger partial charge in [-0.3, -0.25) is 10.2 Å². The highest BCUT2D eigenvalue weighted by molar-refractivity contribution is 6.35. The first-order valence-corrected chi connectivity index (χ1v) is 9.76. The summed E-state index contributed by atoms with van der Waals surface area (Å²) in [7, 11) is 2.14. The summed E-state index contributed by atoms with van der Waals surface area (Å²) in [6, 6.07) is 6.23. The van der Waals surface area contributed by atoms with Gasteiger partial charge >= 0.3 is 0 Å². The Bertz CT molecular complexity index is 865. The van der Waals surface area contributed by atoms with Gasteiger partial charge in [-0.2, -0.15) is 0 Å². The van der Waals surface area contributed by atoms with Crippen LogP contribution in [0.3, 0.4) is 0 Å². The average molecular weight is 374 g/mol. The maximum Gasteiger partial charge on any atom is 0.241 e. The molecule has 0 radical (unpaired) electrons.